The molecule has 0 unspecified atom stereocenters. The number of aliphatic carboxylic acids is 2. The van der Waals surface area contributed by atoms with Gasteiger partial charge in [0.1, 0.15) is 11.6 Å². The van der Waals surface area contributed by atoms with Crippen molar-refractivity contribution in [3.63, 3.8) is 0 Å². The summed E-state index contributed by atoms with van der Waals surface area (Å²) < 4.78 is 21.8. The Morgan fingerprint density at radius 1 is 1.00 bits per heavy atom. The number of aromatic nitrogens is 3. The molecule has 3 heterocycles. The van der Waals surface area contributed by atoms with Crippen molar-refractivity contribution in [2.24, 2.45) is 0 Å². The Bertz CT molecular complexity index is 1500. The van der Waals surface area contributed by atoms with Crippen molar-refractivity contribution in [1.29, 1.82) is 0 Å². The van der Waals surface area contributed by atoms with E-state index in [-0.39, 0.29) is 17.1 Å². The molecular formula is C29H34FN5O7. The highest BCUT2D eigenvalue weighted by Gasteiger charge is 2.20. The van der Waals surface area contributed by atoms with E-state index in [1.165, 1.54) is 16.7 Å². The number of ether oxygens (including phenoxy) is 1. The number of carboxylic acid groups (broad SMARTS) is 2. The van der Waals surface area contributed by atoms with Crippen LogP contribution < -0.4 is 20.9 Å². The van der Waals surface area contributed by atoms with Crippen molar-refractivity contribution in [3.8, 4) is 5.75 Å². The van der Waals surface area contributed by atoms with Crippen molar-refractivity contribution in [2.45, 2.75) is 26.4 Å². The van der Waals surface area contributed by atoms with Crippen LogP contribution in [0.2, 0.25) is 0 Å². The zero-order valence-corrected chi connectivity index (χ0v) is 23.5. The van der Waals surface area contributed by atoms with E-state index in [1.54, 1.807) is 43.3 Å². The van der Waals surface area contributed by atoms with Gasteiger partial charge in [0.15, 0.2) is 0 Å². The number of carboxylic acids is 2. The standard InChI is InChI=1S/C25H30FN5O3.C4H4O4/c1-19-17-30(18-20-6-8-27-9-7-20)25(33)31(24(19)32)11-3-10-28-12-14-29(15-13-28)22-5-4-21(26)16-23(22)34-2;5-3(6)1-2-4(7)8/h4-9,16-17H,3,10-15,18H2,1-2H3;1-2H,(H,5,6)(H,7,8)/b;2-1+. The molecule has 2 N–H and O–H groups in total. The summed E-state index contributed by atoms with van der Waals surface area (Å²) in [5.74, 6) is -2.29. The molecule has 13 heteroatoms. The van der Waals surface area contributed by atoms with Crippen LogP contribution >= 0.6 is 0 Å². The molecule has 4 rings (SSSR count). The number of carbonyl (C=O) groups is 2. The molecule has 0 atom stereocenters. The first kappa shape index (κ1) is 31.7. The van der Waals surface area contributed by atoms with Gasteiger partial charge >= 0.3 is 17.6 Å². The summed E-state index contributed by atoms with van der Waals surface area (Å²) in [6.07, 6.45) is 6.83. The van der Waals surface area contributed by atoms with Crippen LogP contribution in [0.4, 0.5) is 10.1 Å². The van der Waals surface area contributed by atoms with Crippen LogP contribution in [0, 0.1) is 12.7 Å². The monoisotopic (exact) mass is 583 g/mol. The van der Waals surface area contributed by atoms with E-state index in [9.17, 15) is 23.6 Å². The van der Waals surface area contributed by atoms with Crippen molar-refractivity contribution < 1.29 is 28.9 Å². The fraction of sp³-hybridized carbons (Fsp3) is 0.345. The molecule has 1 aliphatic heterocycles. The van der Waals surface area contributed by atoms with Crippen molar-refractivity contribution >= 4 is 17.6 Å². The molecule has 3 aromatic rings. The largest absolute Gasteiger partial charge is 0.494 e. The maximum Gasteiger partial charge on any atom is 0.331 e. The van der Waals surface area contributed by atoms with Gasteiger partial charge in [0.05, 0.1) is 19.3 Å². The molecule has 0 spiro atoms. The molecule has 2 aromatic heterocycles. The Balaban J connectivity index is 0.000000531. The lowest BCUT2D eigenvalue weighted by molar-refractivity contribution is -0.134. The van der Waals surface area contributed by atoms with Crippen LogP contribution in [0.25, 0.3) is 0 Å². The van der Waals surface area contributed by atoms with E-state index in [1.807, 2.05) is 12.1 Å². The SMILES string of the molecule is COc1cc(F)ccc1N1CCN(CCCn2c(=O)c(C)cn(Cc3ccncc3)c2=O)CC1.O=C(O)/C=C/C(=O)O. The van der Waals surface area contributed by atoms with Crippen LogP contribution in [0.15, 0.2) is 70.7 Å². The number of rotatable bonds is 10. The summed E-state index contributed by atoms with van der Waals surface area (Å²) in [6, 6.07) is 8.33. The smallest absolute Gasteiger partial charge is 0.331 e. The van der Waals surface area contributed by atoms with E-state index in [0.29, 0.717) is 43.0 Å². The quantitative estimate of drug-likeness (QED) is 0.339. The minimum absolute atomic E-state index is 0.232. The Labute approximate surface area is 241 Å². The molecule has 0 bridgehead atoms. The Kier molecular flexibility index (Phi) is 11.6. The van der Waals surface area contributed by atoms with Gasteiger partial charge in [-0.1, -0.05) is 0 Å². The van der Waals surface area contributed by atoms with E-state index in [4.69, 9.17) is 14.9 Å². The lowest BCUT2D eigenvalue weighted by Gasteiger charge is -2.36. The van der Waals surface area contributed by atoms with Crippen LogP contribution in [0.1, 0.15) is 17.5 Å². The predicted molar refractivity (Wildman–Crippen MR) is 154 cm³/mol. The average Bonchev–Trinajstić information content (AvgIpc) is 2.98. The number of methoxy groups -OCH3 is 1. The summed E-state index contributed by atoms with van der Waals surface area (Å²) in [7, 11) is 1.55. The Hall–Kier alpha value is -4.78. The number of anilines is 1. The van der Waals surface area contributed by atoms with Gasteiger partial charge in [0.25, 0.3) is 5.56 Å². The molecule has 12 nitrogen and oxygen atoms in total. The normalized spacial score (nSPS) is 13.5. The maximum absolute atomic E-state index is 13.5. The minimum Gasteiger partial charge on any atom is -0.494 e. The second-order valence-corrected chi connectivity index (χ2v) is 9.54. The molecule has 1 aliphatic rings. The van der Waals surface area contributed by atoms with Crippen LogP contribution in [-0.2, 0) is 22.7 Å². The van der Waals surface area contributed by atoms with Crippen LogP contribution in [-0.4, -0.2) is 81.0 Å². The molecule has 1 fully saturated rings. The molecule has 0 amide bonds. The second-order valence-electron chi connectivity index (χ2n) is 9.54. The topological polar surface area (TPSA) is 147 Å². The first-order valence-electron chi connectivity index (χ1n) is 13.2. The molecule has 1 saturated heterocycles. The number of hydrogen-bond donors (Lipinski definition) is 2. The summed E-state index contributed by atoms with van der Waals surface area (Å²) in [6.45, 7) is 6.59. The van der Waals surface area contributed by atoms with Crippen molar-refractivity contribution in [1.82, 2.24) is 19.0 Å². The molecule has 42 heavy (non-hydrogen) atoms. The number of pyridine rings is 1. The highest BCUT2D eigenvalue weighted by atomic mass is 19.1. The Morgan fingerprint density at radius 3 is 2.24 bits per heavy atom. The molecule has 0 aliphatic carbocycles. The number of benzene rings is 1. The van der Waals surface area contributed by atoms with Gasteiger partial charge < -0.3 is 19.8 Å². The molecule has 0 radical (unpaired) electrons. The Morgan fingerprint density at radius 2 is 1.64 bits per heavy atom. The molecule has 1 aromatic carbocycles. The van der Waals surface area contributed by atoms with Gasteiger partial charge in [-0.05, 0) is 49.7 Å². The van der Waals surface area contributed by atoms with E-state index in [2.05, 4.69) is 14.8 Å². The average molecular weight is 584 g/mol. The van der Waals surface area contributed by atoms with Gasteiger partial charge in [-0.3, -0.25) is 23.8 Å². The fourth-order valence-electron chi connectivity index (χ4n) is 4.51. The number of aryl methyl sites for hydroxylation is 1. The van der Waals surface area contributed by atoms with Gasteiger partial charge in [0.2, 0.25) is 0 Å². The zero-order chi connectivity index (χ0) is 30.6. The summed E-state index contributed by atoms with van der Waals surface area (Å²) in [5.41, 5.74) is 1.88. The van der Waals surface area contributed by atoms with Crippen molar-refractivity contribution in [2.75, 3.05) is 44.7 Å². The highest BCUT2D eigenvalue weighted by Crippen LogP contribution is 2.29. The molecule has 0 saturated carbocycles. The van der Waals surface area contributed by atoms with Gasteiger partial charge in [-0.15, -0.1) is 0 Å². The van der Waals surface area contributed by atoms with Gasteiger partial charge in [-0.25, -0.2) is 18.8 Å². The summed E-state index contributed by atoms with van der Waals surface area (Å²) in [5, 5.41) is 15.6. The lowest BCUT2D eigenvalue weighted by Crippen LogP contribution is -2.47. The third-order valence-electron chi connectivity index (χ3n) is 6.59. The second kappa shape index (κ2) is 15.3. The number of nitrogens with zero attached hydrogens (tertiary/aromatic N) is 5. The highest BCUT2D eigenvalue weighted by molar-refractivity contribution is 5.89. The number of halogens is 1. The van der Waals surface area contributed by atoms with E-state index < -0.39 is 11.9 Å². The number of hydrogen-bond acceptors (Lipinski definition) is 8. The number of piperazine rings is 1. The third kappa shape index (κ3) is 9.13. The van der Waals surface area contributed by atoms with Gasteiger partial charge in [0, 0.05) is 75.1 Å². The van der Waals surface area contributed by atoms with E-state index >= 15 is 0 Å². The zero-order valence-electron chi connectivity index (χ0n) is 23.5. The lowest BCUT2D eigenvalue weighted by atomic mass is 10.2. The van der Waals surface area contributed by atoms with Crippen molar-refractivity contribution in [3.05, 3.63) is 98.9 Å². The first-order valence-corrected chi connectivity index (χ1v) is 13.2. The molecular weight excluding hydrogens is 549 g/mol. The van der Waals surface area contributed by atoms with Crippen LogP contribution in [0.5, 0.6) is 5.75 Å². The fourth-order valence-corrected chi connectivity index (χ4v) is 4.51. The predicted octanol–water partition coefficient (Wildman–Crippen LogP) is 1.83. The summed E-state index contributed by atoms with van der Waals surface area (Å²) >= 11 is 0. The third-order valence-corrected chi connectivity index (χ3v) is 6.59. The van der Waals surface area contributed by atoms with Crippen LogP contribution in [0.3, 0.4) is 0 Å². The maximum atomic E-state index is 13.5. The summed E-state index contributed by atoms with van der Waals surface area (Å²) in [4.78, 5) is 53.2. The van der Waals surface area contributed by atoms with E-state index in [0.717, 1.165) is 44.0 Å². The first-order chi connectivity index (χ1) is 20.1. The van der Waals surface area contributed by atoms with Gasteiger partial charge in [-0.2, -0.15) is 0 Å². The minimum atomic E-state index is -1.26. The molecule has 224 valence electrons.